The molecule has 5 heteroatoms. The summed E-state index contributed by atoms with van der Waals surface area (Å²) in [5.74, 6) is 1.53. The number of hydrogen-bond donors (Lipinski definition) is 1. The van der Waals surface area contributed by atoms with Crippen LogP contribution in [0.15, 0.2) is 36.4 Å². The van der Waals surface area contributed by atoms with Gasteiger partial charge in [-0.05, 0) is 68.9 Å². The fourth-order valence-electron chi connectivity index (χ4n) is 5.11. The first-order valence-electron chi connectivity index (χ1n) is 14.7. The number of carbonyl (C=O) groups is 2. The minimum absolute atomic E-state index is 0.119. The van der Waals surface area contributed by atoms with Gasteiger partial charge in [-0.15, -0.1) is 0 Å². The van der Waals surface area contributed by atoms with Crippen molar-refractivity contribution in [2.75, 3.05) is 19.8 Å². The topological polar surface area (TPSA) is 72.8 Å². The summed E-state index contributed by atoms with van der Waals surface area (Å²) in [4.78, 5) is 24.2. The van der Waals surface area contributed by atoms with Crippen LogP contribution >= 0.6 is 0 Å². The van der Waals surface area contributed by atoms with Crippen molar-refractivity contribution in [2.24, 2.45) is 29.1 Å². The normalized spacial score (nSPS) is 18.7. The fraction of sp³-hybridized carbons (Fsp3) is 0.697. The molecule has 1 unspecified atom stereocenters. The maximum absolute atomic E-state index is 12.3. The third kappa shape index (κ3) is 11.7. The zero-order valence-electron chi connectivity index (χ0n) is 24.6. The van der Waals surface area contributed by atoms with Crippen molar-refractivity contribution in [1.82, 2.24) is 0 Å². The predicted molar refractivity (Wildman–Crippen MR) is 154 cm³/mol. The summed E-state index contributed by atoms with van der Waals surface area (Å²) < 4.78 is 10.9. The number of esters is 2. The van der Waals surface area contributed by atoms with E-state index >= 15 is 0 Å². The molecule has 0 aliphatic heterocycles. The lowest BCUT2D eigenvalue weighted by molar-refractivity contribution is -0.158. The summed E-state index contributed by atoms with van der Waals surface area (Å²) in [7, 11) is 0. The van der Waals surface area contributed by atoms with Crippen LogP contribution in [0.5, 0.6) is 0 Å². The standard InChI is InChI=1S/C33H52O5/c1-24(2)8-7-9-26-10-12-27(13-11-26)14-15-28-16-18-29(19-17-28)20-30(21-37-31(35)25(3)4)22-38-32(36)33(5,6)23-34/h16-19,24,26-27,30,34H,3,7-15,20-23H2,1-2,4-6H3. The summed E-state index contributed by atoms with van der Waals surface area (Å²) in [6.07, 6.45) is 12.7. The molecule has 0 heterocycles. The molecule has 1 saturated carbocycles. The van der Waals surface area contributed by atoms with Crippen molar-refractivity contribution in [3.05, 3.63) is 47.5 Å². The minimum atomic E-state index is -0.965. The molecule has 1 aromatic rings. The number of aliphatic hydroxyl groups is 1. The van der Waals surface area contributed by atoms with Crippen molar-refractivity contribution in [1.29, 1.82) is 0 Å². The molecule has 1 aliphatic carbocycles. The van der Waals surface area contributed by atoms with E-state index in [9.17, 15) is 14.7 Å². The molecule has 1 atom stereocenters. The first-order valence-corrected chi connectivity index (χ1v) is 14.7. The Morgan fingerprint density at radius 3 is 2.08 bits per heavy atom. The van der Waals surface area contributed by atoms with E-state index in [1.165, 1.54) is 56.9 Å². The average molecular weight is 529 g/mol. The molecular formula is C33H52O5. The second-order valence-electron chi connectivity index (χ2n) is 12.7. The zero-order chi connectivity index (χ0) is 28.1. The number of aliphatic hydroxyl groups excluding tert-OH is 1. The van der Waals surface area contributed by atoms with Gasteiger partial charge in [-0.3, -0.25) is 4.79 Å². The summed E-state index contributed by atoms with van der Waals surface area (Å²) in [6, 6.07) is 8.66. The highest BCUT2D eigenvalue weighted by molar-refractivity contribution is 5.86. The third-order valence-electron chi connectivity index (χ3n) is 7.95. The van der Waals surface area contributed by atoms with Crippen molar-refractivity contribution in [3.8, 4) is 0 Å². The molecule has 0 amide bonds. The van der Waals surface area contributed by atoms with Crippen LogP contribution in [0.2, 0.25) is 0 Å². The quantitative estimate of drug-likeness (QED) is 0.183. The molecule has 5 nitrogen and oxygen atoms in total. The molecule has 214 valence electrons. The van der Waals surface area contributed by atoms with Gasteiger partial charge in [-0.2, -0.15) is 0 Å². The largest absolute Gasteiger partial charge is 0.465 e. The first-order chi connectivity index (χ1) is 18.0. The van der Waals surface area contributed by atoms with Crippen LogP contribution < -0.4 is 0 Å². The van der Waals surface area contributed by atoms with E-state index in [0.717, 1.165) is 29.7 Å². The molecule has 1 aliphatic rings. The number of rotatable bonds is 16. The van der Waals surface area contributed by atoms with Crippen LogP contribution in [-0.2, 0) is 31.9 Å². The molecule has 38 heavy (non-hydrogen) atoms. The molecule has 1 fully saturated rings. The van der Waals surface area contributed by atoms with Gasteiger partial charge < -0.3 is 14.6 Å². The molecule has 0 bridgehead atoms. The maximum atomic E-state index is 12.3. The lowest BCUT2D eigenvalue weighted by Gasteiger charge is -2.28. The van der Waals surface area contributed by atoms with Crippen LogP contribution in [0.1, 0.15) is 97.1 Å². The van der Waals surface area contributed by atoms with Gasteiger partial charge >= 0.3 is 11.9 Å². The Bertz CT molecular complexity index is 862. The van der Waals surface area contributed by atoms with E-state index in [2.05, 4.69) is 44.7 Å². The Labute approximate surface area is 231 Å². The molecule has 0 saturated heterocycles. The number of carbonyl (C=O) groups excluding carboxylic acids is 2. The minimum Gasteiger partial charge on any atom is -0.465 e. The monoisotopic (exact) mass is 528 g/mol. The molecule has 0 spiro atoms. The number of aryl methyl sites for hydroxylation is 1. The highest BCUT2D eigenvalue weighted by atomic mass is 16.5. The van der Waals surface area contributed by atoms with Crippen molar-refractivity contribution >= 4 is 11.9 Å². The van der Waals surface area contributed by atoms with Crippen molar-refractivity contribution in [3.63, 3.8) is 0 Å². The van der Waals surface area contributed by atoms with Crippen molar-refractivity contribution < 1.29 is 24.2 Å². The molecule has 1 N–H and O–H groups in total. The van der Waals surface area contributed by atoms with Gasteiger partial charge in [-0.1, -0.05) is 89.6 Å². The Hall–Kier alpha value is -2.14. The van der Waals surface area contributed by atoms with Gasteiger partial charge in [0.15, 0.2) is 0 Å². The highest BCUT2D eigenvalue weighted by Crippen LogP contribution is 2.34. The number of ether oxygens (including phenoxy) is 2. The maximum Gasteiger partial charge on any atom is 0.333 e. The SMILES string of the molecule is C=C(C)C(=O)OCC(COC(=O)C(C)(C)CO)Cc1ccc(CCC2CCC(CCCC(C)C)CC2)cc1. The Kier molecular flexibility index (Phi) is 13.6. The average Bonchev–Trinajstić information content (AvgIpc) is 2.89. The molecule has 1 aromatic carbocycles. The van der Waals surface area contributed by atoms with Crippen LogP contribution in [0.4, 0.5) is 0 Å². The first kappa shape index (κ1) is 32.1. The zero-order valence-corrected chi connectivity index (χ0v) is 24.6. The van der Waals surface area contributed by atoms with Gasteiger partial charge in [0.1, 0.15) is 0 Å². The lowest BCUT2D eigenvalue weighted by atomic mass is 9.77. The Morgan fingerprint density at radius 1 is 0.974 bits per heavy atom. The highest BCUT2D eigenvalue weighted by Gasteiger charge is 2.29. The predicted octanol–water partition coefficient (Wildman–Crippen LogP) is 7.09. The third-order valence-corrected chi connectivity index (χ3v) is 7.95. The van der Waals surface area contributed by atoms with E-state index in [1.807, 2.05) is 0 Å². The molecule has 2 rings (SSSR count). The van der Waals surface area contributed by atoms with E-state index in [4.69, 9.17) is 9.47 Å². The van der Waals surface area contributed by atoms with E-state index in [-0.39, 0.29) is 25.7 Å². The molecule has 0 radical (unpaired) electrons. The number of hydrogen-bond acceptors (Lipinski definition) is 5. The van der Waals surface area contributed by atoms with Gasteiger partial charge in [0.25, 0.3) is 0 Å². The fourth-order valence-corrected chi connectivity index (χ4v) is 5.11. The van der Waals surface area contributed by atoms with Crippen LogP contribution in [-0.4, -0.2) is 36.9 Å². The van der Waals surface area contributed by atoms with Gasteiger partial charge in [0, 0.05) is 11.5 Å². The lowest BCUT2D eigenvalue weighted by Crippen LogP contribution is -2.32. The Balaban J connectivity index is 1.83. The summed E-state index contributed by atoms with van der Waals surface area (Å²) >= 11 is 0. The van der Waals surface area contributed by atoms with Crippen LogP contribution in [0.25, 0.3) is 0 Å². The van der Waals surface area contributed by atoms with E-state index in [0.29, 0.717) is 12.0 Å². The summed E-state index contributed by atoms with van der Waals surface area (Å²) in [5, 5.41) is 9.43. The van der Waals surface area contributed by atoms with Gasteiger partial charge in [-0.25, -0.2) is 4.79 Å². The van der Waals surface area contributed by atoms with E-state index in [1.54, 1.807) is 20.8 Å². The molecular weight excluding hydrogens is 476 g/mol. The van der Waals surface area contributed by atoms with Crippen molar-refractivity contribution in [2.45, 2.75) is 98.8 Å². The van der Waals surface area contributed by atoms with Gasteiger partial charge in [0.05, 0.1) is 25.2 Å². The molecule has 0 aromatic heterocycles. The van der Waals surface area contributed by atoms with Crippen LogP contribution in [0, 0.1) is 29.1 Å². The summed E-state index contributed by atoms with van der Waals surface area (Å²) in [5.41, 5.74) is 1.85. The second-order valence-corrected chi connectivity index (χ2v) is 12.7. The smallest absolute Gasteiger partial charge is 0.333 e. The summed E-state index contributed by atoms with van der Waals surface area (Å²) in [6.45, 7) is 13.1. The van der Waals surface area contributed by atoms with Gasteiger partial charge in [0.2, 0.25) is 0 Å². The Morgan fingerprint density at radius 2 is 1.53 bits per heavy atom. The van der Waals surface area contributed by atoms with Crippen LogP contribution in [0.3, 0.4) is 0 Å². The number of benzene rings is 1. The second kappa shape index (κ2) is 16.1. The van der Waals surface area contributed by atoms with E-state index < -0.39 is 17.4 Å².